The predicted octanol–water partition coefficient (Wildman–Crippen LogP) is 0.978. The van der Waals surface area contributed by atoms with E-state index in [0.29, 0.717) is 0 Å². The number of carbonyl (C=O) groups excluding carboxylic acids is 1. The zero-order valence-corrected chi connectivity index (χ0v) is 11.0. The van der Waals surface area contributed by atoms with E-state index in [1.165, 1.54) is 0 Å². The number of hydrogen-bond donors (Lipinski definition) is 0. The van der Waals surface area contributed by atoms with Crippen LogP contribution in [-0.2, 0) is 0 Å². The number of amides is 2. The molecule has 5 heteroatoms. The van der Waals surface area contributed by atoms with Gasteiger partial charge in [-0.1, -0.05) is 0 Å². The fourth-order valence-corrected chi connectivity index (χ4v) is 2.08. The Morgan fingerprint density at radius 1 is 1.29 bits per heavy atom. The maximum Gasteiger partial charge on any atom is 0.320 e. The summed E-state index contributed by atoms with van der Waals surface area (Å²) in [5, 5.41) is 8.85. The van der Waals surface area contributed by atoms with Crippen LogP contribution in [0.5, 0.6) is 0 Å². The van der Waals surface area contributed by atoms with Crippen LogP contribution in [0.3, 0.4) is 0 Å². The predicted molar refractivity (Wildman–Crippen MR) is 66.5 cm³/mol. The van der Waals surface area contributed by atoms with Crippen LogP contribution in [0, 0.1) is 11.3 Å². The lowest BCUT2D eigenvalue weighted by atomic mass is 10.2. The SMILES string of the molecule is CCN(CC)C(=O)N1CCN(C(C)C#N)CC1. The topological polar surface area (TPSA) is 50.6 Å². The van der Waals surface area contributed by atoms with Gasteiger partial charge in [0.15, 0.2) is 0 Å². The highest BCUT2D eigenvalue weighted by Crippen LogP contribution is 2.08. The highest BCUT2D eigenvalue weighted by Gasteiger charge is 2.25. The van der Waals surface area contributed by atoms with Gasteiger partial charge in [-0.05, 0) is 20.8 Å². The van der Waals surface area contributed by atoms with E-state index in [-0.39, 0.29) is 12.1 Å². The molecule has 96 valence electrons. The average molecular weight is 238 g/mol. The fourth-order valence-electron chi connectivity index (χ4n) is 2.08. The maximum absolute atomic E-state index is 12.1. The zero-order chi connectivity index (χ0) is 12.8. The lowest BCUT2D eigenvalue weighted by Gasteiger charge is -2.38. The molecule has 1 unspecified atom stereocenters. The molecule has 1 fully saturated rings. The van der Waals surface area contributed by atoms with Crippen LogP contribution in [-0.4, -0.2) is 66.0 Å². The van der Waals surface area contributed by atoms with E-state index < -0.39 is 0 Å². The molecule has 0 aromatic carbocycles. The Bertz CT molecular complexity index is 287. The summed E-state index contributed by atoms with van der Waals surface area (Å²) >= 11 is 0. The van der Waals surface area contributed by atoms with Crippen molar-refractivity contribution >= 4 is 6.03 Å². The van der Waals surface area contributed by atoms with Gasteiger partial charge in [-0.2, -0.15) is 5.26 Å². The van der Waals surface area contributed by atoms with E-state index in [1.54, 1.807) is 0 Å². The standard InChI is InChI=1S/C12H22N4O/c1-4-14(5-2)12(17)16-8-6-15(7-9-16)11(3)10-13/h11H,4-9H2,1-3H3. The van der Waals surface area contributed by atoms with Gasteiger partial charge in [-0.25, -0.2) is 4.79 Å². The number of piperazine rings is 1. The first-order valence-corrected chi connectivity index (χ1v) is 6.31. The van der Waals surface area contributed by atoms with Crippen molar-refractivity contribution in [2.75, 3.05) is 39.3 Å². The van der Waals surface area contributed by atoms with Gasteiger partial charge in [0.2, 0.25) is 0 Å². The Labute approximate surface area is 104 Å². The Balaban J connectivity index is 2.47. The normalized spacial score (nSPS) is 18.6. The van der Waals surface area contributed by atoms with Crippen molar-refractivity contribution in [1.82, 2.24) is 14.7 Å². The molecular formula is C12H22N4O. The van der Waals surface area contributed by atoms with Crippen molar-refractivity contribution in [2.45, 2.75) is 26.8 Å². The highest BCUT2D eigenvalue weighted by atomic mass is 16.2. The molecule has 1 rings (SSSR count). The van der Waals surface area contributed by atoms with Gasteiger partial charge in [-0.15, -0.1) is 0 Å². The molecule has 17 heavy (non-hydrogen) atoms. The third kappa shape index (κ3) is 3.34. The van der Waals surface area contributed by atoms with Crippen LogP contribution in [0.1, 0.15) is 20.8 Å². The molecule has 2 amide bonds. The fraction of sp³-hybridized carbons (Fsp3) is 0.833. The van der Waals surface area contributed by atoms with Crippen molar-refractivity contribution in [1.29, 1.82) is 5.26 Å². The van der Waals surface area contributed by atoms with Crippen LogP contribution >= 0.6 is 0 Å². The Morgan fingerprint density at radius 3 is 2.24 bits per heavy atom. The molecule has 1 saturated heterocycles. The first kappa shape index (κ1) is 13.8. The van der Waals surface area contributed by atoms with E-state index in [1.807, 2.05) is 30.6 Å². The zero-order valence-electron chi connectivity index (χ0n) is 11.0. The molecule has 0 radical (unpaired) electrons. The summed E-state index contributed by atoms with van der Waals surface area (Å²) in [6, 6.07) is 2.31. The van der Waals surface area contributed by atoms with E-state index in [2.05, 4.69) is 11.0 Å². The first-order chi connectivity index (χ1) is 8.13. The number of nitrogens with zero attached hydrogens (tertiary/aromatic N) is 4. The number of nitriles is 1. The molecule has 1 atom stereocenters. The van der Waals surface area contributed by atoms with Crippen molar-refractivity contribution in [3.05, 3.63) is 0 Å². The Hall–Kier alpha value is -1.28. The third-order valence-electron chi connectivity index (χ3n) is 3.35. The Kier molecular flexibility index (Phi) is 5.23. The number of hydrogen-bond acceptors (Lipinski definition) is 3. The third-order valence-corrected chi connectivity index (χ3v) is 3.35. The van der Waals surface area contributed by atoms with E-state index in [0.717, 1.165) is 39.3 Å². The molecule has 0 N–H and O–H groups in total. The van der Waals surface area contributed by atoms with Crippen LogP contribution in [0.4, 0.5) is 4.79 Å². The summed E-state index contributed by atoms with van der Waals surface area (Å²) in [6.07, 6.45) is 0. The molecule has 0 aromatic heterocycles. The van der Waals surface area contributed by atoms with Gasteiger partial charge in [0.25, 0.3) is 0 Å². The van der Waals surface area contributed by atoms with Gasteiger partial charge < -0.3 is 9.80 Å². The summed E-state index contributed by atoms with van der Waals surface area (Å²) in [4.78, 5) is 17.9. The minimum atomic E-state index is -0.0549. The lowest BCUT2D eigenvalue weighted by Crippen LogP contribution is -2.54. The number of rotatable bonds is 3. The quantitative estimate of drug-likeness (QED) is 0.736. The van der Waals surface area contributed by atoms with E-state index in [4.69, 9.17) is 5.26 Å². The van der Waals surface area contributed by atoms with Gasteiger partial charge in [0, 0.05) is 39.3 Å². The van der Waals surface area contributed by atoms with Crippen LogP contribution in [0.2, 0.25) is 0 Å². The highest BCUT2D eigenvalue weighted by molar-refractivity contribution is 5.74. The van der Waals surface area contributed by atoms with Gasteiger partial charge >= 0.3 is 6.03 Å². The smallest absolute Gasteiger partial charge is 0.320 e. The molecule has 5 nitrogen and oxygen atoms in total. The van der Waals surface area contributed by atoms with Gasteiger partial charge in [0.1, 0.15) is 0 Å². The molecule has 1 aliphatic rings. The summed E-state index contributed by atoms with van der Waals surface area (Å²) in [6.45, 7) is 10.4. The van der Waals surface area contributed by atoms with Crippen LogP contribution < -0.4 is 0 Å². The minimum Gasteiger partial charge on any atom is -0.325 e. The van der Waals surface area contributed by atoms with Crippen molar-refractivity contribution in [3.63, 3.8) is 0 Å². The van der Waals surface area contributed by atoms with E-state index in [9.17, 15) is 4.79 Å². The maximum atomic E-state index is 12.1. The molecule has 0 aliphatic carbocycles. The van der Waals surface area contributed by atoms with Crippen molar-refractivity contribution in [3.8, 4) is 6.07 Å². The molecular weight excluding hydrogens is 216 g/mol. The average Bonchev–Trinajstić information content (AvgIpc) is 2.39. The molecule has 0 aromatic rings. The van der Waals surface area contributed by atoms with Gasteiger partial charge in [-0.3, -0.25) is 4.90 Å². The van der Waals surface area contributed by atoms with Gasteiger partial charge in [0.05, 0.1) is 12.1 Å². The monoisotopic (exact) mass is 238 g/mol. The summed E-state index contributed by atoms with van der Waals surface area (Å²) in [5.41, 5.74) is 0. The molecule has 1 heterocycles. The second kappa shape index (κ2) is 6.45. The van der Waals surface area contributed by atoms with Crippen molar-refractivity contribution < 1.29 is 4.79 Å². The second-order valence-corrected chi connectivity index (χ2v) is 4.28. The van der Waals surface area contributed by atoms with Crippen LogP contribution in [0.15, 0.2) is 0 Å². The number of carbonyl (C=O) groups is 1. The number of urea groups is 1. The summed E-state index contributed by atoms with van der Waals surface area (Å²) < 4.78 is 0. The molecule has 0 saturated carbocycles. The van der Waals surface area contributed by atoms with Crippen LogP contribution in [0.25, 0.3) is 0 Å². The molecule has 0 bridgehead atoms. The summed E-state index contributed by atoms with van der Waals surface area (Å²) in [7, 11) is 0. The molecule has 1 aliphatic heterocycles. The summed E-state index contributed by atoms with van der Waals surface area (Å²) in [5.74, 6) is 0. The largest absolute Gasteiger partial charge is 0.325 e. The molecule has 0 spiro atoms. The Morgan fingerprint density at radius 2 is 1.82 bits per heavy atom. The van der Waals surface area contributed by atoms with E-state index >= 15 is 0 Å². The second-order valence-electron chi connectivity index (χ2n) is 4.28. The van der Waals surface area contributed by atoms with Crippen molar-refractivity contribution in [2.24, 2.45) is 0 Å². The first-order valence-electron chi connectivity index (χ1n) is 6.31. The lowest BCUT2D eigenvalue weighted by molar-refractivity contribution is 0.108. The minimum absolute atomic E-state index is 0.0549.